The number of pyridine rings is 1. The highest BCUT2D eigenvalue weighted by molar-refractivity contribution is 7.71. The molecule has 14 heavy (non-hydrogen) atoms. The molecular weight excluding hydrogens is 192 g/mol. The number of hydrogen-bond acceptors (Lipinski definition) is 2. The Morgan fingerprint density at radius 3 is 2.64 bits per heavy atom. The average molecular weight is 208 g/mol. The monoisotopic (exact) mass is 208 g/mol. The summed E-state index contributed by atoms with van der Waals surface area (Å²) in [5.41, 5.74) is 1.41. The first-order chi connectivity index (χ1) is 6.75. The minimum atomic E-state index is 0.720. The van der Waals surface area contributed by atoms with Crippen LogP contribution in [0, 0.1) is 4.64 Å². The number of aromatic nitrogens is 1. The number of H-pyrrole nitrogens is 1. The van der Waals surface area contributed by atoms with Crippen LogP contribution in [0.15, 0.2) is 18.3 Å². The molecule has 2 nitrogen and oxygen atoms in total. The van der Waals surface area contributed by atoms with E-state index in [9.17, 15) is 0 Å². The number of nitrogens with zero attached hydrogens (tertiary/aromatic N) is 1. The van der Waals surface area contributed by atoms with Gasteiger partial charge in [0.25, 0.3) is 0 Å². The molecule has 0 aliphatic carbocycles. The molecule has 0 spiro atoms. The molecular formula is C11H16N2S. The Morgan fingerprint density at radius 2 is 2.07 bits per heavy atom. The SMILES string of the molecule is CN1CCC(c2ccc(=S)[nH]c2)CC1. The van der Waals surface area contributed by atoms with Crippen LogP contribution in [-0.4, -0.2) is 30.0 Å². The minimum absolute atomic E-state index is 0.720. The van der Waals surface area contributed by atoms with Crippen LogP contribution in [0.3, 0.4) is 0 Å². The molecule has 1 N–H and O–H groups in total. The molecule has 3 heteroatoms. The Morgan fingerprint density at radius 1 is 1.36 bits per heavy atom. The number of aromatic amines is 1. The van der Waals surface area contributed by atoms with Crippen LogP contribution in [0.4, 0.5) is 0 Å². The van der Waals surface area contributed by atoms with E-state index in [4.69, 9.17) is 12.2 Å². The van der Waals surface area contributed by atoms with Gasteiger partial charge in [0, 0.05) is 6.20 Å². The fourth-order valence-corrected chi connectivity index (χ4v) is 2.15. The lowest BCUT2D eigenvalue weighted by Crippen LogP contribution is -2.29. The Bertz CT molecular complexity index is 330. The molecule has 0 unspecified atom stereocenters. The van der Waals surface area contributed by atoms with Crippen LogP contribution in [0.1, 0.15) is 24.3 Å². The highest BCUT2D eigenvalue weighted by atomic mass is 32.1. The zero-order valence-corrected chi connectivity index (χ0v) is 9.31. The van der Waals surface area contributed by atoms with E-state index in [0.717, 1.165) is 10.6 Å². The maximum Gasteiger partial charge on any atom is 0.103 e. The third-order valence-electron chi connectivity index (χ3n) is 3.00. The van der Waals surface area contributed by atoms with Gasteiger partial charge in [-0.25, -0.2) is 0 Å². The summed E-state index contributed by atoms with van der Waals surface area (Å²) in [6.07, 6.45) is 4.60. The summed E-state index contributed by atoms with van der Waals surface area (Å²) in [6.45, 7) is 2.42. The van der Waals surface area contributed by atoms with Crippen molar-refractivity contribution >= 4 is 12.2 Å². The van der Waals surface area contributed by atoms with E-state index in [0.29, 0.717) is 0 Å². The fraction of sp³-hybridized carbons (Fsp3) is 0.545. The lowest BCUT2D eigenvalue weighted by Gasteiger charge is -2.28. The van der Waals surface area contributed by atoms with E-state index in [1.165, 1.54) is 31.5 Å². The van der Waals surface area contributed by atoms with E-state index in [-0.39, 0.29) is 0 Å². The van der Waals surface area contributed by atoms with Crippen molar-refractivity contribution in [3.05, 3.63) is 28.5 Å². The quantitative estimate of drug-likeness (QED) is 0.715. The van der Waals surface area contributed by atoms with Crippen molar-refractivity contribution in [2.45, 2.75) is 18.8 Å². The van der Waals surface area contributed by atoms with E-state index >= 15 is 0 Å². The molecule has 2 rings (SSSR count). The molecule has 0 aromatic carbocycles. The van der Waals surface area contributed by atoms with Crippen molar-refractivity contribution in [2.24, 2.45) is 0 Å². The third kappa shape index (κ3) is 2.22. The minimum Gasteiger partial charge on any atom is -0.353 e. The van der Waals surface area contributed by atoms with Crippen molar-refractivity contribution < 1.29 is 0 Å². The van der Waals surface area contributed by atoms with E-state index < -0.39 is 0 Å². The molecule has 76 valence electrons. The van der Waals surface area contributed by atoms with E-state index in [1.807, 2.05) is 6.07 Å². The molecule has 1 fully saturated rings. The van der Waals surface area contributed by atoms with Gasteiger partial charge in [-0.3, -0.25) is 0 Å². The molecule has 0 saturated carbocycles. The van der Waals surface area contributed by atoms with Crippen molar-refractivity contribution in [1.82, 2.24) is 9.88 Å². The predicted octanol–water partition coefficient (Wildman–Crippen LogP) is 2.55. The molecule has 1 aliphatic heterocycles. The smallest absolute Gasteiger partial charge is 0.103 e. The third-order valence-corrected chi connectivity index (χ3v) is 3.25. The van der Waals surface area contributed by atoms with E-state index in [1.54, 1.807) is 0 Å². The number of rotatable bonds is 1. The summed E-state index contributed by atoms with van der Waals surface area (Å²) in [7, 11) is 2.19. The highest BCUT2D eigenvalue weighted by Gasteiger charge is 2.17. The lowest BCUT2D eigenvalue weighted by molar-refractivity contribution is 0.255. The average Bonchev–Trinajstić information content (AvgIpc) is 2.21. The van der Waals surface area contributed by atoms with Gasteiger partial charge >= 0.3 is 0 Å². The van der Waals surface area contributed by atoms with Gasteiger partial charge in [0.05, 0.1) is 0 Å². The van der Waals surface area contributed by atoms with Gasteiger partial charge in [-0.1, -0.05) is 18.3 Å². The van der Waals surface area contributed by atoms with Crippen LogP contribution in [0.25, 0.3) is 0 Å². The van der Waals surface area contributed by atoms with Crippen LogP contribution >= 0.6 is 12.2 Å². The second-order valence-corrected chi connectivity index (χ2v) is 4.50. The topological polar surface area (TPSA) is 19.0 Å². The maximum absolute atomic E-state index is 5.03. The molecule has 0 amide bonds. The largest absolute Gasteiger partial charge is 0.353 e. The summed E-state index contributed by atoms with van der Waals surface area (Å²) in [5.74, 6) is 0.720. The first kappa shape index (κ1) is 9.87. The van der Waals surface area contributed by atoms with E-state index in [2.05, 4.69) is 29.2 Å². The summed E-state index contributed by atoms with van der Waals surface area (Å²) in [4.78, 5) is 5.50. The van der Waals surface area contributed by atoms with Crippen LogP contribution in [0.2, 0.25) is 0 Å². The summed E-state index contributed by atoms with van der Waals surface area (Å²) >= 11 is 5.03. The van der Waals surface area contributed by atoms with Crippen molar-refractivity contribution in [2.75, 3.05) is 20.1 Å². The first-order valence-electron chi connectivity index (χ1n) is 5.13. The summed E-state index contributed by atoms with van der Waals surface area (Å²) in [5, 5.41) is 0. The fourth-order valence-electron chi connectivity index (χ4n) is 2.02. The van der Waals surface area contributed by atoms with Gasteiger partial charge in [-0.15, -0.1) is 0 Å². The van der Waals surface area contributed by atoms with Crippen molar-refractivity contribution in [1.29, 1.82) is 0 Å². The van der Waals surface area contributed by atoms with Crippen LogP contribution in [-0.2, 0) is 0 Å². The Hall–Kier alpha value is -0.670. The van der Waals surface area contributed by atoms with Gasteiger partial charge in [-0.2, -0.15) is 0 Å². The number of hydrogen-bond donors (Lipinski definition) is 1. The number of likely N-dealkylation sites (tertiary alicyclic amines) is 1. The van der Waals surface area contributed by atoms with Gasteiger partial charge in [0.1, 0.15) is 4.64 Å². The Kier molecular flexibility index (Phi) is 2.99. The van der Waals surface area contributed by atoms with Gasteiger partial charge in [0.15, 0.2) is 0 Å². The van der Waals surface area contributed by atoms with Crippen LogP contribution in [0.5, 0.6) is 0 Å². The zero-order chi connectivity index (χ0) is 9.97. The number of nitrogens with one attached hydrogen (secondary N) is 1. The molecule has 0 atom stereocenters. The van der Waals surface area contributed by atoms with Gasteiger partial charge in [0.2, 0.25) is 0 Å². The molecule has 0 radical (unpaired) electrons. The number of piperidine rings is 1. The van der Waals surface area contributed by atoms with Crippen molar-refractivity contribution in [3.63, 3.8) is 0 Å². The molecule has 1 aliphatic rings. The highest BCUT2D eigenvalue weighted by Crippen LogP contribution is 2.26. The predicted molar refractivity (Wildman–Crippen MR) is 61.1 cm³/mol. The Labute approximate surface area is 90.0 Å². The lowest BCUT2D eigenvalue weighted by atomic mass is 9.91. The standard InChI is InChI=1S/C11H16N2S/c1-13-6-4-9(5-7-13)10-2-3-11(14)12-8-10/h2-3,8-9H,4-7H2,1H3,(H,12,14). The normalized spacial score (nSPS) is 19.8. The zero-order valence-electron chi connectivity index (χ0n) is 8.49. The molecule has 1 saturated heterocycles. The van der Waals surface area contributed by atoms with Crippen LogP contribution < -0.4 is 0 Å². The molecule has 1 aromatic heterocycles. The second kappa shape index (κ2) is 4.24. The van der Waals surface area contributed by atoms with Gasteiger partial charge < -0.3 is 9.88 Å². The summed E-state index contributed by atoms with van der Waals surface area (Å²) < 4.78 is 0.821. The van der Waals surface area contributed by atoms with Gasteiger partial charge in [-0.05, 0) is 50.5 Å². The van der Waals surface area contributed by atoms with Crippen molar-refractivity contribution in [3.8, 4) is 0 Å². The maximum atomic E-state index is 5.03. The second-order valence-electron chi connectivity index (χ2n) is 4.06. The first-order valence-corrected chi connectivity index (χ1v) is 5.54. The molecule has 0 bridgehead atoms. The molecule has 2 heterocycles. The Balaban J connectivity index is 2.08. The molecule has 1 aromatic rings. The summed E-state index contributed by atoms with van der Waals surface area (Å²) in [6, 6.07) is 4.15.